The molecule has 4 fully saturated rings. The Labute approximate surface area is 255 Å². The van der Waals surface area contributed by atoms with Gasteiger partial charge in [0, 0.05) is 51.6 Å². The molecule has 12 heteroatoms. The molecule has 6 rings (SSSR count). The van der Waals surface area contributed by atoms with E-state index in [2.05, 4.69) is 10.3 Å². The van der Waals surface area contributed by atoms with E-state index in [1.165, 1.54) is 38.5 Å². The van der Waals surface area contributed by atoms with Crippen molar-refractivity contribution in [2.45, 2.75) is 153 Å². The summed E-state index contributed by atoms with van der Waals surface area (Å²) in [5.41, 5.74) is 0. The SMILES string of the molecule is O=c1onc(CC2CCC(F)(F)CC2)n1CC1CCCCC1.O=c1onc(CC2CCC(F)(F)CC2)n1CC1CCCCC1. The lowest BCUT2D eigenvalue weighted by molar-refractivity contribution is -0.0464. The van der Waals surface area contributed by atoms with Crippen LogP contribution in [0.15, 0.2) is 18.6 Å². The molecular formula is C32H48F4N4O4. The molecule has 4 saturated carbocycles. The van der Waals surface area contributed by atoms with Gasteiger partial charge in [0.2, 0.25) is 11.8 Å². The molecule has 0 spiro atoms. The average molecular weight is 629 g/mol. The molecule has 2 heterocycles. The number of hydrogen-bond acceptors (Lipinski definition) is 6. The van der Waals surface area contributed by atoms with E-state index >= 15 is 0 Å². The molecule has 0 unspecified atom stereocenters. The van der Waals surface area contributed by atoms with Crippen LogP contribution < -0.4 is 11.5 Å². The molecule has 0 bridgehead atoms. The lowest BCUT2D eigenvalue weighted by atomic mass is 9.84. The molecular weight excluding hydrogens is 580 g/mol. The molecule has 0 saturated heterocycles. The van der Waals surface area contributed by atoms with Crippen LogP contribution in [0.5, 0.6) is 0 Å². The first kappa shape index (κ1) is 33.0. The smallest absolute Gasteiger partial charge is 0.296 e. The van der Waals surface area contributed by atoms with E-state index in [9.17, 15) is 27.2 Å². The van der Waals surface area contributed by atoms with Crippen molar-refractivity contribution >= 4 is 0 Å². The molecule has 0 atom stereocenters. The third kappa shape index (κ3) is 9.31. The van der Waals surface area contributed by atoms with Gasteiger partial charge in [0.15, 0.2) is 11.6 Å². The van der Waals surface area contributed by atoms with Crippen molar-refractivity contribution in [3.63, 3.8) is 0 Å². The van der Waals surface area contributed by atoms with Crippen molar-refractivity contribution < 1.29 is 26.6 Å². The summed E-state index contributed by atoms with van der Waals surface area (Å²) in [6, 6.07) is 0. The molecule has 0 aliphatic heterocycles. The normalized spacial score (nSPS) is 23.7. The topological polar surface area (TPSA) is 96.1 Å². The van der Waals surface area contributed by atoms with Gasteiger partial charge in [-0.25, -0.2) is 27.2 Å². The molecule has 4 aliphatic rings. The number of nitrogens with zero attached hydrogens (tertiary/aromatic N) is 4. The van der Waals surface area contributed by atoms with Gasteiger partial charge in [-0.05, 0) is 75.0 Å². The summed E-state index contributed by atoms with van der Waals surface area (Å²) in [6.45, 7) is 1.33. The fraction of sp³-hybridized carbons (Fsp3) is 0.875. The number of alkyl halides is 4. The van der Waals surface area contributed by atoms with Crippen LogP contribution in [-0.2, 0) is 25.9 Å². The molecule has 0 amide bonds. The largest absolute Gasteiger partial charge is 0.441 e. The third-order valence-electron chi connectivity index (χ3n) is 10.5. The van der Waals surface area contributed by atoms with Gasteiger partial charge < -0.3 is 0 Å². The first-order valence-electron chi connectivity index (χ1n) is 16.9. The van der Waals surface area contributed by atoms with E-state index in [4.69, 9.17) is 9.05 Å². The second-order valence-corrected chi connectivity index (χ2v) is 14.0. The molecule has 8 nitrogen and oxygen atoms in total. The van der Waals surface area contributed by atoms with E-state index < -0.39 is 23.4 Å². The Hall–Kier alpha value is -2.40. The Balaban J connectivity index is 0.000000175. The van der Waals surface area contributed by atoms with Gasteiger partial charge in [-0.3, -0.25) is 18.2 Å². The predicted octanol–water partition coefficient (Wildman–Crippen LogP) is 7.57. The number of aromatic nitrogens is 4. The Morgan fingerprint density at radius 1 is 0.545 bits per heavy atom. The van der Waals surface area contributed by atoms with Crippen molar-refractivity contribution in [2.75, 3.05) is 0 Å². The lowest BCUT2D eigenvalue weighted by Gasteiger charge is -2.28. The van der Waals surface area contributed by atoms with Crippen LogP contribution in [0.25, 0.3) is 0 Å². The highest BCUT2D eigenvalue weighted by molar-refractivity contribution is 4.92. The molecule has 0 N–H and O–H groups in total. The van der Waals surface area contributed by atoms with Gasteiger partial charge in [-0.1, -0.05) is 48.8 Å². The van der Waals surface area contributed by atoms with Crippen LogP contribution in [0.2, 0.25) is 0 Å². The van der Waals surface area contributed by atoms with Crippen LogP contribution in [0, 0.1) is 23.7 Å². The summed E-state index contributed by atoms with van der Waals surface area (Å²) >= 11 is 0. The number of hydrogen-bond donors (Lipinski definition) is 0. The van der Waals surface area contributed by atoms with E-state index in [0.717, 1.165) is 25.7 Å². The maximum Gasteiger partial charge on any atom is 0.441 e. The van der Waals surface area contributed by atoms with Gasteiger partial charge >= 0.3 is 11.5 Å². The standard InChI is InChI=1S/2C16H24F2N2O2/c2*17-16(18)8-6-12(7-9-16)10-14-19-22-15(21)20(14)11-13-4-2-1-3-5-13/h2*12-13H,1-11H2. The summed E-state index contributed by atoms with van der Waals surface area (Å²) in [5, 5.41) is 7.80. The van der Waals surface area contributed by atoms with Gasteiger partial charge in [0.25, 0.3) is 0 Å². The minimum absolute atomic E-state index is 0.0532. The molecule has 248 valence electrons. The van der Waals surface area contributed by atoms with Crippen LogP contribution in [0.1, 0.15) is 127 Å². The zero-order valence-electron chi connectivity index (χ0n) is 25.8. The monoisotopic (exact) mass is 628 g/mol. The minimum atomic E-state index is -2.51. The van der Waals surface area contributed by atoms with Crippen molar-refractivity contribution in [2.24, 2.45) is 23.7 Å². The Morgan fingerprint density at radius 2 is 0.886 bits per heavy atom. The summed E-state index contributed by atoms with van der Waals surface area (Å²) in [6.07, 6.45) is 14.9. The van der Waals surface area contributed by atoms with E-state index in [1.54, 1.807) is 9.13 Å². The van der Waals surface area contributed by atoms with Crippen LogP contribution in [0.4, 0.5) is 17.6 Å². The fourth-order valence-electron chi connectivity index (χ4n) is 7.63. The van der Waals surface area contributed by atoms with E-state index in [-0.39, 0.29) is 37.5 Å². The molecule has 44 heavy (non-hydrogen) atoms. The minimum Gasteiger partial charge on any atom is -0.296 e. The van der Waals surface area contributed by atoms with Gasteiger partial charge in [-0.15, -0.1) is 0 Å². The van der Waals surface area contributed by atoms with Crippen molar-refractivity contribution in [1.29, 1.82) is 0 Å². The average Bonchev–Trinajstić information content (AvgIpc) is 3.53. The van der Waals surface area contributed by atoms with Crippen molar-refractivity contribution in [3.05, 3.63) is 32.8 Å². The molecule has 2 aromatic rings. The van der Waals surface area contributed by atoms with Crippen LogP contribution in [-0.4, -0.2) is 31.3 Å². The molecule has 2 aromatic heterocycles. The van der Waals surface area contributed by atoms with Gasteiger partial charge in [0.05, 0.1) is 0 Å². The highest BCUT2D eigenvalue weighted by Crippen LogP contribution is 2.38. The van der Waals surface area contributed by atoms with E-state index in [0.29, 0.717) is 75.1 Å². The quantitative estimate of drug-likeness (QED) is 0.280. The Morgan fingerprint density at radius 3 is 1.23 bits per heavy atom. The zero-order valence-corrected chi connectivity index (χ0v) is 25.8. The number of halogens is 4. The van der Waals surface area contributed by atoms with Crippen molar-refractivity contribution in [1.82, 2.24) is 19.4 Å². The highest BCUT2D eigenvalue weighted by Gasteiger charge is 2.36. The summed E-state index contributed by atoms with van der Waals surface area (Å²) in [4.78, 5) is 23.7. The number of rotatable bonds is 8. The lowest BCUT2D eigenvalue weighted by Crippen LogP contribution is -2.28. The summed E-state index contributed by atoms with van der Waals surface area (Å²) in [7, 11) is 0. The fourth-order valence-corrected chi connectivity index (χ4v) is 7.63. The predicted molar refractivity (Wildman–Crippen MR) is 156 cm³/mol. The van der Waals surface area contributed by atoms with Gasteiger partial charge in [-0.2, -0.15) is 0 Å². The Bertz CT molecular complexity index is 1170. The van der Waals surface area contributed by atoms with Crippen molar-refractivity contribution in [3.8, 4) is 0 Å². The molecule has 4 aliphatic carbocycles. The molecule has 0 aromatic carbocycles. The third-order valence-corrected chi connectivity index (χ3v) is 10.5. The maximum absolute atomic E-state index is 13.2. The summed E-state index contributed by atoms with van der Waals surface area (Å²) < 4.78 is 65.8. The maximum atomic E-state index is 13.2. The first-order valence-corrected chi connectivity index (χ1v) is 16.9. The highest BCUT2D eigenvalue weighted by atomic mass is 19.3. The van der Waals surface area contributed by atoms with E-state index in [1.807, 2.05) is 0 Å². The Kier molecular flexibility index (Phi) is 11.1. The first-order chi connectivity index (χ1) is 21.1. The summed E-state index contributed by atoms with van der Waals surface area (Å²) in [5.74, 6) is -3.14. The molecule has 0 radical (unpaired) electrons. The van der Waals surface area contributed by atoms with Crippen LogP contribution >= 0.6 is 0 Å². The van der Waals surface area contributed by atoms with Gasteiger partial charge in [0.1, 0.15) is 0 Å². The second kappa shape index (κ2) is 14.8. The second-order valence-electron chi connectivity index (χ2n) is 14.0. The zero-order chi connectivity index (χ0) is 31.2. The van der Waals surface area contributed by atoms with Crippen LogP contribution in [0.3, 0.4) is 0 Å².